The molecule has 4 nitrogen and oxygen atoms in total. The summed E-state index contributed by atoms with van der Waals surface area (Å²) in [6.07, 6.45) is 3.92. The first-order valence-corrected chi connectivity index (χ1v) is 11.2. The van der Waals surface area contributed by atoms with E-state index in [0.29, 0.717) is 5.57 Å². The number of nitrogens with zero attached hydrogens (tertiary/aromatic N) is 2. The SMILES string of the molecule is O=C1Nc2ccccc2C1=Cc1cn(-c2ccccc2)nc1-c1ccc(-c2ccccc2)cc1. The summed E-state index contributed by atoms with van der Waals surface area (Å²) in [4.78, 5) is 12.8. The van der Waals surface area contributed by atoms with Crippen LogP contribution < -0.4 is 5.32 Å². The number of anilines is 1. The third kappa shape index (κ3) is 3.61. The topological polar surface area (TPSA) is 46.9 Å². The maximum Gasteiger partial charge on any atom is 0.256 e. The fourth-order valence-electron chi connectivity index (χ4n) is 4.32. The van der Waals surface area contributed by atoms with Crippen LogP contribution in [0.3, 0.4) is 0 Å². The molecule has 0 radical (unpaired) electrons. The van der Waals surface area contributed by atoms with Crippen LogP contribution in [-0.2, 0) is 4.79 Å². The second-order valence-electron chi connectivity index (χ2n) is 8.21. The molecular weight excluding hydrogens is 418 g/mol. The second-order valence-corrected chi connectivity index (χ2v) is 8.21. The Kier molecular flexibility index (Phi) is 4.89. The molecule has 1 amide bonds. The zero-order valence-electron chi connectivity index (χ0n) is 18.3. The number of hydrogen-bond acceptors (Lipinski definition) is 2. The molecule has 0 saturated heterocycles. The summed E-state index contributed by atoms with van der Waals surface area (Å²) >= 11 is 0. The number of amides is 1. The number of fused-ring (bicyclic) bond motifs is 1. The van der Waals surface area contributed by atoms with E-state index in [9.17, 15) is 4.79 Å². The van der Waals surface area contributed by atoms with Crippen LogP contribution in [0.15, 0.2) is 115 Å². The molecule has 4 heteroatoms. The predicted molar refractivity (Wildman–Crippen MR) is 137 cm³/mol. The minimum Gasteiger partial charge on any atom is -0.321 e. The Labute approximate surface area is 197 Å². The molecule has 0 spiro atoms. The normalized spacial score (nSPS) is 13.6. The van der Waals surface area contributed by atoms with Crippen LogP contribution in [0, 0.1) is 0 Å². The lowest BCUT2D eigenvalue weighted by Crippen LogP contribution is -2.03. The fraction of sp³-hybridized carbons (Fsp3) is 0. The van der Waals surface area contributed by atoms with Crippen LogP contribution in [0.2, 0.25) is 0 Å². The molecular formula is C30H21N3O. The second kappa shape index (κ2) is 8.34. The molecule has 0 saturated carbocycles. The van der Waals surface area contributed by atoms with Crippen molar-refractivity contribution in [2.45, 2.75) is 0 Å². The Morgan fingerprint density at radius 2 is 1.29 bits per heavy atom. The average Bonchev–Trinajstić information content (AvgIpc) is 3.46. The van der Waals surface area contributed by atoms with Gasteiger partial charge < -0.3 is 5.32 Å². The highest BCUT2D eigenvalue weighted by molar-refractivity contribution is 6.35. The lowest BCUT2D eigenvalue weighted by Gasteiger charge is -2.04. The van der Waals surface area contributed by atoms with Gasteiger partial charge in [0.05, 0.1) is 11.4 Å². The van der Waals surface area contributed by atoms with Crippen LogP contribution in [0.1, 0.15) is 11.1 Å². The van der Waals surface area contributed by atoms with Gasteiger partial charge >= 0.3 is 0 Å². The van der Waals surface area contributed by atoms with Crippen molar-refractivity contribution >= 4 is 23.2 Å². The minimum absolute atomic E-state index is 0.0981. The Morgan fingerprint density at radius 3 is 2.06 bits per heavy atom. The third-order valence-corrected chi connectivity index (χ3v) is 6.04. The van der Waals surface area contributed by atoms with Crippen molar-refractivity contribution in [2.75, 3.05) is 5.32 Å². The Balaban J connectivity index is 1.47. The van der Waals surface area contributed by atoms with Crippen LogP contribution >= 0.6 is 0 Å². The number of benzene rings is 4. The van der Waals surface area contributed by atoms with Crippen molar-refractivity contribution in [2.24, 2.45) is 0 Å². The summed E-state index contributed by atoms with van der Waals surface area (Å²) < 4.78 is 1.87. The number of aromatic nitrogens is 2. The highest BCUT2D eigenvalue weighted by Gasteiger charge is 2.24. The van der Waals surface area contributed by atoms with Crippen molar-refractivity contribution in [1.29, 1.82) is 0 Å². The Bertz CT molecular complexity index is 1510. The molecule has 162 valence electrons. The van der Waals surface area contributed by atoms with E-state index in [-0.39, 0.29) is 5.91 Å². The minimum atomic E-state index is -0.0981. The van der Waals surface area contributed by atoms with Crippen molar-refractivity contribution in [3.8, 4) is 28.1 Å². The predicted octanol–water partition coefficient (Wildman–Crippen LogP) is 6.70. The van der Waals surface area contributed by atoms with Crippen LogP contribution in [0.4, 0.5) is 5.69 Å². The number of rotatable bonds is 4. The van der Waals surface area contributed by atoms with E-state index in [1.807, 2.05) is 89.8 Å². The molecule has 1 aliphatic rings. The number of hydrogen-bond donors (Lipinski definition) is 1. The summed E-state index contributed by atoms with van der Waals surface area (Å²) in [7, 11) is 0. The molecule has 0 fully saturated rings. The lowest BCUT2D eigenvalue weighted by molar-refractivity contribution is -0.110. The van der Waals surface area contributed by atoms with Gasteiger partial charge in [-0.1, -0.05) is 91.0 Å². The van der Waals surface area contributed by atoms with Gasteiger partial charge in [0.15, 0.2) is 0 Å². The van der Waals surface area contributed by atoms with Gasteiger partial charge in [0.1, 0.15) is 0 Å². The molecule has 34 heavy (non-hydrogen) atoms. The summed E-state index contributed by atoms with van der Waals surface area (Å²) in [6.45, 7) is 0. The number of carbonyl (C=O) groups is 1. The smallest absolute Gasteiger partial charge is 0.256 e. The molecule has 1 aliphatic heterocycles. The van der Waals surface area contributed by atoms with Crippen molar-refractivity contribution < 1.29 is 4.79 Å². The maximum atomic E-state index is 12.8. The summed E-state index contributed by atoms with van der Waals surface area (Å²) in [6, 6.07) is 36.5. The number of carbonyl (C=O) groups excluding carboxylic acids is 1. The zero-order chi connectivity index (χ0) is 22.9. The molecule has 0 unspecified atom stereocenters. The Morgan fingerprint density at radius 1 is 0.676 bits per heavy atom. The molecule has 0 aliphatic carbocycles. The van der Waals surface area contributed by atoms with Gasteiger partial charge in [-0.2, -0.15) is 5.10 Å². The highest BCUT2D eigenvalue weighted by Crippen LogP contribution is 2.35. The van der Waals surface area contributed by atoms with Gasteiger partial charge in [-0.05, 0) is 35.4 Å². The molecule has 5 aromatic rings. The summed E-state index contributed by atoms with van der Waals surface area (Å²) in [5.74, 6) is -0.0981. The molecule has 0 bridgehead atoms. The van der Waals surface area contributed by atoms with Crippen LogP contribution in [0.5, 0.6) is 0 Å². The quantitative estimate of drug-likeness (QED) is 0.317. The van der Waals surface area contributed by atoms with Gasteiger partial charge in [-0.3, -0.25) is 4.79 Å². The molecule has 4 aromatic carbocycles. The first-order valence-electron chi connectivity index (χ1n) is 11.2. The molecule has 0 atom stereocenters. The molecule has 2 heterocycles. The first kappa shape index (κ1) is 19.9. The van der Waals surface area contributed by atoms with E-state index in [1.165, 1.54) is 5.56 Å². The van der Waals surface area contributed by atoms with E-state index >= 15 is 0 Å². The van der Waals surface area contributed by atoms with Gasteiger partial charge in [-0.25, -0.2) is 4.68 Å². The average molecular weight is 440 g/mol. The maximum absolute atomic E-state index is 12.8. The monoisotopic (exact) mass is 439 g/mol. The van der Waals surface area contributed by atoms with Crippen molar-refractivity contribution in [3.05, 3.63) is 127 Å². The molecule has 1 N–H and O–H groups in total. The van der Waals surface area contributed by atoms with Crippen molar-refractivity contribution in [3.63, 3.8) is 0 Å². The van der Waals surface area contributed by atoms with Gasteiger partial charge in [0, 0.05) is 34.1 Å². The fourth-order valence-corrected chi connectivity index (χ4v) is 4.32. The molecule has 6 rings (SSSR count). The van der Waals surface area contributed by atoms with E-state index in [4.69, 9.17) is 5.10 Å². The lowest BCUT2D eigenvalue weighted by atomic mass is 10.00. The third-order valence-electron chi connectivity index (χ3n) is 6.04. The molecule has 1 aromatic heterocycles. The first-order chi connectivity index (χ1) is 16.8. The zero-order valence-corrected chi connectivity index (χ0v) is 18.3. The van der Waals surface area contributed by atoms with E-state index in [2.05, 4.69) is 41.7 Å². The standard InChI is InChI=1S/C30H21N3O/c34-30-27(26-13-7-8-14-28(26)31-30)19-24-20-33(25-11-5-2-6-12-25)32-29(24)23-17-15-22(16-18-23)21-9-3-1-4-10-21/h1-20H,(H,31,34). The van der Waals surface area contributed by atoms with Gasteiger partial charge in [0.2, 0.25) is 0 Å². The van der Waals surface area contributed by atoms with Gasteiger partial charge in [-0.15, -0.1) is 0 Å². The number of nitrogens with one attached hydrogen (secondary N) is 1. The van der Waals surface area contributed by atoms with Crippen LogP contribution in [-0.4, -0.2) is 15.7 Å². The van der Waals surface area contributed by atoms with E-state index in [0.717, 1.165) is 39.3 Å². The summed E-state index contributed by atoms with van der Waals surface area (Å²) in [5.41, 5.74) is 8.38. The largest absolute Gasteiger partial charge is 0.321 e. The van der Waals surface area contributed by atoms with Crippen LogP contribution in [0.25, 0.3) is 39.7 Å². The van der Waals surface area contributed by atoms with E-state index < -0.39 is 0 Å². The number of para-hydroxylation sites is 2. The summed E-state index contributed by atoms with van der Waals surface area (Å²) in [5, 5.41) is 7.87. The van der Waals surface area contributed by atoms with E-state index in [1.54, 1.807) is 0 Å². The Hall–Kier alpha value is -4.70. The highest BCUT2D eigenvalue weighted by atomic mass is 16.2. The van der Waals surface area contributed by atoms with Gasteiger partial charge in [0.25, 0.3) is 5.91 Å². The van der Waals surface area contributed by atoms with Crippen molar-refractivity contribution in [1.82, 2.24) is 9.78 Å².